The van der Waals surface area contributed by atoms with E-state index in [4.69, 9.17) is 4.74 Å². The molecule has 0 amide bonds. The van der Waals surface area contributed by atoms with Crippen molar-refractivity contribution in [3.8, 4) is 5.75 Å². The quantitative estimate of drug-likeness (QED) is 0.436. The number of fused-ring (bicyclic) bond motifs is 2. The number of hydrogen-bond acceptors (Lipinski definition) is 6. The SMILES string of the molecule is CCCNc1nc2c(c(=O)n(C)c(=O)n2C)n1C[C@@H](O)COc1ccc2ccccc2c1. The Balaban J connectivity index is 1.61. The van der Waals surface area contributed by atoms with Crippen LogP contribution in [0.1, 0.15) is 13.3 Å². The highest BCUT2D eigenvalue weighted by molar-refractivity contribution is 5.83. The van der Waals surface area contributed by atoms with E-state index in [1.54, 1.807) is 11.6 Å². The molecule has 2 aromatic carbocycles. The Hall–Kier alpha value is -3.59. The molecule has 0 bridgehead atoms. The zero-order valence-electron chi connectivity index (χ0n) is 18.4. The number of aromatic nitrogens is 4. The van der Waals surface area contributed by atoms with Crippen LogP contribution in [-0.2, 0) is 20.6 Å². The summed E-state index contributed by atoms with van der Waals surface area (Å²) in [6, 6.07) is 13.7. The van der Waals surface area contributed by atoms with E-state index in [-0.39, 0.29) is 24.3 Å². The molecule has 4 rings (SSSR count). The summed E-state index contributed by atoms with van der Waals surface area (Å²) in [6.45, 7) is 2.78. The number of anilines is 1. The molecule has 0 saturated carbocycles. The van der Waals surface area contributed by atoms with E-state index in [0.717, 1.165) is 21.8 Å². The second kappa shape index (κ2) is 8.88. The first-order valence-electron chi connectivity index (χ1n) is 10.6. The van der Waals surface area contributed by atoms with E-state index in [9.17, 15) is 14.7 Å². The number of hydrogen-bond donors (Lipinski definition) is 2. The molecule has 9 nitrogen and oxygen atoms in total. The van der Waals surface area contributed by atoms with E-state index in [1.807, 2.05) is 49.4 Å². The lowest BCUT2D eigenvalue weighted by molar-refractivity contribution is 0.0939. The summed E-state index contributed by atoms with van der Waals surface area (Å²) in [5, 5.41) is 16.1. The normalized spacial score (nSPS) is 12.4. The van der Waals surface area contributed by atoms with Gasteiger partial charge in [-0.15, -0.1) is 0 Å². The van der Waals surface area contributed by atoms with Gasteiger partial charge in [0.15, 0.2) is 11.2 Å². The standard InChI is InChI=1S/C23H27N5O4/c1-4-11-24-22-25-20-19(21(30)27(3)23(31)26(20)2)28(22)13-17(29)14-32-18-10-9-15-7-5-6-8-16(15)12-18/h5-10,12,17,29H,4,11,13-14H2,1-3H3,(H,24,25)/t17-/m1/s1. The fourth-order valence-corrected chi connectivity index (χ4v) is 3.71. The first kappa shape index (κ1) is 21.6. The predicted molar refractivity (Wildman–Crippen MR) is 124 cm³/mol. The van der Waals surface area contributed by atoms with Gasteiger partial charge >= 0.3 is 5.69 Å². The Bertz CT molecular complexity index is 1390. The van der Waals surface area contributed by atoms with Gasteiger partial charge < -0.3 is 19.7 Å². The Kier molecular flexibility index (Phi) is 6.00. The second-order valence-electron chi connectivity index (χ2n) is 7.82. The summed E-state index contributed by atoms with van der Waals surface area (Å²) in [4.78, 5) is 29.6. The molecule has 168 valence electrons. The van der Waals surface area contributed by atoms with Crippen LogP contribution in [0, 0.1) is 0 Å². The first-order valence-corrected chi connectivity index (χ1v) is 10.6. The third kappa shape index (κ3) is 3.99. The molecule has 0 spiro atoms. The molecule has 9 heteroatoms. The van der Waals surface area contributed by atoms with Crippen LogP contribution in [0.4, 0.5) is 5.95 Å². The first-order chi connectivity index (χ1) is 15.4. The lowest BCUT2D eigenvalue weighted by Crippen LogP contribution is -2.38. The Morgan fingerprint density at radius 2 is 1.84 bits per heavy atom. The number of benzene rings is 2. The average Bonchev–Trinajstić information content (AvgIpc) is 3.16. The Labute approximate surface area is 184 Å². The fourth-order valence-electron chi connectivity index (χ4n) is 3.71. The summed E-state index contributed by atoms with van der Waals surface area (Å²) in [7, 11) is 3.00. The maximum atomic E-state index is 12.8. The summed E-state index contributed by atoms with van der Waals surface area (Å²) < 4.78 is 9.82. The molecule has 0 saturated heterocycles. The van der Waals surface area contributed by atoms with Crippen LogP contribution >= 0.6 is 0 Å². The summed E-state index contributed by atoms with van der Waals surface area (Å²) in [5.74, 6) is 1.09. The third-order valence-electron chi connectivity index (χ3n) is 5.44. The zero-order valence-corrected chi connectivity index (χ0v) is 18.4. The fraction of sp³-hybridized carbons (Fsp3) is 0.348. The molecular weight excluding hydrogens is 410 g/mol. The van der Waals surface area contributed by atoms with Crippen LogP contribution in [0.3, 0.4) is 0 Å². The number of nitrogens with zero attached hydrogens (tertiary/aromatic N) is 4. The lowest BCUT2D eigenvalue weighted by atomic mass is 10.1. The largest absolute Gasteiger partial charge is 0.491 e. The van der Waals surface area contributed by atoms with E-state index in [2.05, 4.69) is 10.3 Å². The monoisotopic (exact) mass is 437 g/mol. The van der Waals surface area contributed by atoms with Gasteiger partial charge in [0.2, 0.25) is 5.95 Å². The summed E-state index contributed by atoms with van der Waals surface area (Å²) in [6.07, 6.45) is -0.0451. The van der Waals surface area contributed by atoms with Crippen LogP contribution < -0.4 is 21.3 Å². The zero-order chi connectivity index (χ0) is 22.8. The molecular formula is C23H27N5O4. The van der Waals surface area contributed by atoms with Crippen molar-refractivity contribution in [3.63, 3.8) is 0 Å². The predicted octanol–water partition coefficient (Wildman–Crippen LogP) is 1.85. The highest BCUT2D eigenvalue weighted by atomic mass is 16.5. The van der Waals surface area contributed by atoms with E-state index in [0.29, 0.717) is 18.2 Å². The van der Waals surface area contributed by atoms with Gasteiger partial charge in [0.05, 0.1) is 6.54 Å². The molecule has 0 radical (unpaired) electrons. The van der Waals surface area contributed by atoms with Crippen LogP contribution in [0.5, 0.6) is 5.75 Å². The van der Waals surface area contributed by atoms with E-state index >= 15 is 0 Å². The number of aryl methyl sites for hydroxylation is 1. The second-order valence-corrected chi connectivity index (χ2v) is 7.82. The molecule has 0 aliphatic rings. The van der Waals surface area contributed by atoms with Gasteiger partial charge in [-0.25, -0.2) is 4.79 Å². The van der Waals surface area contributed by atoms with Crippen LogP contribution in [0.25, 0.3) is 21.9 Å². The molecule has 0 aliphatic carbocycles. The summed E-state index contributed by atoms with van der Waals surface area (Å²) >= 11 is 0. The van der Waals surface area contributed by atoms with Crippen molar-refractivity contribution in [1.82, 2.24) is 18.7 Å². The molecule has 4 aromatic rings. The maximum Gasteiger partial charge on any atom is 0.332 e. The Morgan fingerprint density at radius 3 is 2.59 bits per heavy atom. The van der Waals surface area contributed by atoms with Gasteiger partial charge in [-0.3, -0.25) is 13.9 Å². The topological polar surface area (TPSA) is 103 Å². The number of ether oxygens (including phenoxy) is 1. The molecule has 2 N–H and O–H groups in total. The third-order valence-corrected chi connectivity index (χ3v) is 5.44. The van der Waals surface area contributed by atoms with Gasteiger partial charge in [-0.2, -0.15) is 4.98 Å². The molecule has 1 atom stereocenters. The smallest absolute Gasteiger partial charge is 0.332 e. The number of imidazole rings is 1. The van der Waals surface area contributed by atoms with Crippen molar-refractivity contribution in [2.45, 2.75) is 26.0 Å². The minimum absolute atomic E-state index is 0.0390. The van der Waals surface area contributed by atoms with Gasteiger partial charge in [0.1, 0.15) is 18.5 Å². The van der Waals surface area contributed by atoms with E-state index < -0.39 is 17.4 Å². The number of nitrogens with one attached hydrogen (secondary N) is 1. The number of aliphatic hydroxyl groups is 1. The molecule has 2 heterocycles. The molecule has 0 fully saturated rings. The van der Waals surface area contributed by atoms with Gasteiger partial charge in [-0.05, 0) is 29.3 Å². The van der Waals surface area contributed by atoms with Gasteiger partial charge in [0, 0.05) is 20.6 Å². The van der Waals surface area contributed by atoms with Crippen LogP contribution in [-0.4, -0.2) is 43.0 Å². The van der Waals surface area contributed by atoms with Crippen molar-refractivity contribution in [2.24, 2.45) is 14.1 Å². The van der Waals surface area contributed by atoms with E-state index in [1.165, 1.54) is 11.6 Å². The highest BCUT2D eigenvalue weighted by Crippen LogP contribution is 2.21. The maximum absolute atomic E-state index is 12.8. The minimum Gasteiger partial charge on any atom is -0.491 e. The van der Waals surface area contributed by atoms with Crippen molar-refractivity contribution < 1.29 is 9.84 Å². The average molecular weight is 438 g/mol. The number of rotatable bonds is 8. The van der Waals surface area contributed by atoms with Gasteiger partial charge in [0.25, 0.3) is 5.56 Å². The minimum atomic E-state index is -0.900. The summed E-state index contributed by atoms with van der Waals surface area (Å²) in [5.41, 5.74) is -0.366. The molecule has 2 aromatic heterocycles. The highest BCUT2D eigenvalue weighted by Gasteiger charge is 2.21. The molecule has 32 heavy (non-hydrogen) atoms. The molecule has 0 aliphatic heterocycles. The lowest BCUT2D eigenvalue weighted by Gasteiger charge is -2.16. The van der Waals surface area contributed by atoms with Crippen molar-refractivity contribution in [1.29, 1.82) is 0 Å². The van der Waals surface area contributed by atoms with Crippen molar-refractivity contribution in [3.05, 3.63) is 63.3 Å². The van der Waals surface area contributed by atoms with Crippen molar-refractivity contribution >= 4 is 27.9 Å². The molecule has 0 unspecified atom stereocenters. The number of aliphatic hydroxyl groups excluding tert-OH is 1. The Morgan fingerprint density at radius 1 is 1.09 bits per heavy atom. The van der Waals surface area contributed by atoms with Crippen LogP contribution in [0.2, 0.25) is 0 Å². The van der Waals surface area contributed by atoms with Crippen LogP contribution in [0.15, 0.2) is 52.1 Å². The van der Waals surface area contributed by atoms with Gasteiger partial charge in [-0.1, -0.05) is 37.3 Å². The van der Waals surface area contributed by atoms with Crippen molar-refractivity contribution in [2.75, 3.05) is 18.5 Å².